The van der Waals surface area contributed by atoms with Crippen LogP contribution in [0.1, 0.15) is 30.9 Å². The van der Waals surface area contributed by atoms with E-state index in [0.717, 1.165) is 11.3 Å². The van der Waals surface area contributed by atoms with Crippen molar-refractivity contribution in [2.24, 2.45) is 0 Å². The molecular weight excluding hydrogens is 200 g/mol. The molecule has 1 radical (unpaired) electrons. The zero-order chi connectivity index (χ0) is 11.4. The van der Waals surface area contributed by atoms with Crippen LogP contribution in [0.25, 0.3) is 6.08 Å². The fourth-order valence-corrected chi connectivity index (χ4v) is 2.15. The SMILES string of the molecule is C=Cc1cccc(C(C)C)c1O[Si](C)C. The summed E-state index contributed by atoms with van der Waals surface area (Å²) >= 11 is 0. The summed E-state index contributed by atoms with van der Waals surface area (Å²) in [5.41, 5.74) is 2.38. The van der Waals surface area contributed by atoms with Crippen molar-refractivity contribution in [1.29, 1.82) is 0 Å². The summed E-state index contributed by atoms with van der Waals surface area (Å²) in [5.74, 6) is 1.52. The number of rotatable bonds is 4. The molecule has 0 aliphatic rings. The van der Waals surface area contributed by atoms with E-state index < -0.39 is 9.04 Å². The molecular formula is C13H19OSi. The largest absolute Gasteiger partial charge is 0.542 e. The maximum Gasteiger partial charge on any atom is 0.274 e. The third-order valence-corrected chi connectivity index (χ3v) is 2.84. The van der Waals surface area contributed by atoms with Gasteiger partial charge in [0, 0.05) is 5.56 Å². The van der Waals surface area contributed by atoms with E-state index in [0.29, 0.717) is 5.92 Å². The Bertz CT molecular complexity index is 342. The van der Waals surface area contributed by atoms with Crippen molar-refractivity contribution in [3.8, 4) is 5.75 Å². The van der Waals surface area contributed by atoms with E-state index in [-0.39, 0.29) is 0 Å². The maximum atomic E-state index is 5.96. The van der Waals surface area contributed by atoms with Crippen molar-refractivity contribution in [3.63, 3.8) is 0 Å². The smallest absolute Gasteiger partial charge is 0.274 e. The third-order valence-electron chi connectivity index (χ3n) is 2.22. The van der Waals surface area contributed by atoms with Gasteiger partial charge >= 0.3 is 0 Å². The summed E-state index contributed by atoms with van der Waals surface area (Å²) in [5, 5.41) is 0. The van der Waals surface area contributed by atoms with Crippen LogP contribution >= 0.6 is 0 Å². The number of hydrogen-bond donors (Lipinski definition) is 0. The molecule has 81 valence electrons. The predicted octanol–water partition coefficient (Wildman–Crippen LogP) is 4.08. The Kier molecular flexibility index (Phi) is 4.15. The Morgan fingerprint density at radius 3 is 2.47 bits per heavy atom. The molecule has 0 spiro atoms. The standard InChI is InChI=1S/C13H19OSi/c1-6-11-8-7-9-12(10(2)3)13(11)14-15(4)5/h6-10H,1H2,2-5H3. The molecule has 0 saturated heterocycles. The molecule has 0 aliphatic carbocycles. The molecule has 0 atom stereocenters. The molecule has 1 aromatic rings. The average molecular weight is 219 g/mol. The molecule has 0 amide bonds. The van der Waals surface area contributed by atoms with Gasteiger partial charge in [-0.1, -0.05) is 44.7 Å². The van der Waals surface area contributed by atoms with Gasteiger partial charge in [-0.2, -0.15) is 0 Å². The molecule has 0 N–H and O–H groups in total. The highest BCUT2D eigenvalue weighted by Crippen LogP contribution is 2.31. The van der Waals surface area contributed by atoms with Crippen LogP contribution in [0.3, 0.4) is 0 Å². The van der Waals surface area contributed by atoms with Gasteiger partial charge in [0.1, 0.15) is 5.75 Å². The van der Waals surface area contributed by atoms with Crippen molar-refractivity contribution >= 4 is 15.1 Å². The summed E-state index contributed by atoms with van der Waals surface area (Å²) in [6.07, 6.45) is 1.87. The van der Waals surface area contributed by atoms with Crippen molar-refractivity contribution in [3.05, 3.63) is 35.9 Å². The summed E-state index contributed by atoms with van der Waals surface area (Å²) in [7, 11) is -0.722. The first-order valence-electron chi connectivity index (χ1n) is 5.29. The lowest BCUT2D eigenvalue weighted by atomic mass is 9.99. The van der Waals surface area contributed by atoms with E-state index in [1.54, 1.807) is 0 Å². The molecule has 0 heterocycles. The second-order valence-electron chi connectivity index (χ2n) is 4.13. The van der Waals surface area contributed by atoms with Crippen LogP contribution in [0.4, 0.5) is 0 Å². The van der Waals surface area contributed by atoms with Crippen molar-refractivity contribution in [1.82, 2.24) is 0 Å². The lowest BCUT2D eigenvalue weighted by molar-refractivity contribution is 0.564. The molecule has 0 aliphatic heterocycles. The molecule has 1 nitrogen and oxygen atoms in total. The van der Waals surface area contributed by atoms with Gasteiger partial charge < -0.3 is 4.43 Å². The van der Waals surface area contributed by atoms with Gasteiger partial charge in [-0.3, -0.25) is 0 Å². The first-order valence-corrected chi connectivity index (χ1v) is 7.70. The first kappa shape index (κ1) is 12.0. The molecule has 0 saturated carbocycles. The molecule has 1 rings (SSSR count). The van der Waals surface area contributed by atoms with Crippen molar-refractivity contribution < 1.29 is 4.43 Å². The summed E-state index contributed by atoms with van der Waals surface area (Å²) in [6.45, 7) is 12.5. The zero-order valence-electron chi connectivity index (χ0n) is 10.0. The van der Waals surface area contributed by atoms with Gasteiger partial charge in [0.05, 0.1) is 0 Å². The van der Waals surface area contributed by atoms with Crippen LogP contribution in [-0.4, -0.2) is 9.04 Å². The molecule has 15 heavy (non-hydrogen) atoms. The van der Waals surface area contributed by atoms with E-state index in [4.69, 9.17) is 4.43 Å². The van der Waals surface area contributed by atoms with Crippen molar-refractivity contribution in [2.45, 2.75) is 32.9 Å². The lowest BCUT2D eigenvalue weighted by Crippen LogP contribution is -2.13. The summed E-state index contributed by atoms with van der Waals surface area (Å²) < 4.78 is 5.96. The van der Waals surface area contributed by atoms with Crippen LogP contribution in [0.2, 0.25) is 13.1 Å². The fraction of sp³-hybridized carbons (Fsp3) is 0.385. The Labute approximate surface area is 94.5 Å². The van der Waals surface area contributed by atoms with E-state index >= 15 is 0 Å². The Hall–Kier alpha value is -1.02. The highest BCUT2D eigenvalue weighted by molar-refractivity contribution is 6.49. The van der Waals surface area contributed by atoms with E-state index in [1.165, 1.54) is 5.56 Å². The number of para-hydroxylation sites is 1. The minimum atomic E-state index is -0.722. The van der Waals surface area contributed by atoms with Gasteiger partial charge in [-0.25, -0.2) is 0 Å². The van der Waals surface area contributed by atoms with Crippen LogP contribution in [0.5, 0.6) is 5.75 Å². The average Bonchev–Trinajstić information content (AvgIpc) is 2.16. The minimum Gasteiger partial charge on any atom is -0.542 e. The lowest BCUT2D eigenvalue weighted by Gasteiger charge is -2.18. The quantitative estimate of drug-likeness (QED) is 0.693. The van der Waals surface area contributed by atoms with Gasteiger partial charge in [-0.05, 0) is 24.6 Å². The van der Waals surface area contributed by atoms with Gasteiger partial charge in [0.15, 0.2) is 0 Å². The molecule has 2 heteroatoms. The highest BCUT2D eigenvalue weighted by atomic mass is 28.3. The second kappa shape index (κ2) is 5.17. The molecule has 0 bridgehead atoms. The molecule has 0 fully saturated rings. The molecule has 0 aromatic heterocycles. The van der Waals surface area contributed by atoms with Gasteiger partial charge in [-0.15, -0.1) is 0 Å². The monoisotopic (exact) mass is 219 g/mol. The molecule has 0 unspecified atom stereocenters. The minimum absolute atomic E-state index is 0.487. The number of benzene rings is 1. The third kappa shape index (κ3) is 2.96. The first-order chi connectivity index (χ1) is 7.06. The van der Waals surface area contributed by atoms with Gasteiger partial charge in [0.25, 0.3) is 9.04 Å². The van der Waals surface area contributed by atoms with E-state index in [9.17, 15) is 0 Å². The summed E-state index contributed by atoms with van der Waals surface area (Å²) in [4.78, 5) is 0. The van der Waals surface area contributed by atoms with Crippen LogP contribution in [-0.2, 0) is 0 Å². The second-order valence-corrected chi connectivity index (χ2v) is 6.16. The highest BCUT2D eigenvalue weighted by Gasteiger charge is 2.12. The van der Waals surface area contributed by atoms with Crippen molar-refractivity contribution in [2.75, 3.05) is 0 Å². The van der Waals surface area contributed by atoms with E-state index in [2.05, 4.69) is 51.7 Å². The fourth-order valence-electron chi connectivity index (χ4n) is 1.51. The predicted molar refractivity (Wildman–Crippen MR) is 68.7 cm³/mol. The molecule has 1 aromatic carbocycles. The maximum absolute atomic E-state index is 5.96. The number of hydrogen-bond acceptors (Lipinski definition) is 1. The zero-order valence-corrected chi connectivity index (χ0v) is 11.0. The van der Waals surface area contributed by atoms with Crippen LogP contribution in [0.15, 0.2) is 24.8 Å². The Morgan fingerprint density at radius 2 is 2.00 bits per heavy atom. The Morgan fingerprint density at radius 1 is 1.33 bits per heavy atom. The van der Waals surface area contributed by atoms with E-state index in [1.807, 2.05) is 6.08 Å². The topological polar surface area (TPSA) is 9.23 Å². The summed E-state index contributed by atoms with van der Waals surface area (Å²) in [6, 6.07) is 6.26. The Balaban J connectivity index is 3.20. The van der Waals surface area contributed by atoms with Gasteiger partial charge in [0.2, 0.25) is 0 Å². The van der Waals surface area contributed by atoms with Crippen LogP contribution < -0.4 is 4.43 Å². The van der Waals surface area contributed by atoms with Crippen LogP contribution in [0, 0.1) is 0 Å². The normalized spacial score (nSPS) is 10.8.